The average molecular weight is 269 g/mol. The second-order valence-electron chi connectivity index (χ2n) is 5.22. The van der Waals surface area contributed by atoms with Crippen LogP contribution in [0.3, 0.4) is 0 Å². The van der Waals surface area contributed by atoms with Crippen LogP contribution in [0.15, 0.2) is 0 Å². The van der Waals surface area contributed by atoms with E-state index in [9.17, 15) is 9.59 Å². The minimum atomic E-state index is -0.710. The van der Waals surface area contributed by atoms with E-state index in [4.69, 9.17) is 4.74 Å². The lowest BCUT2D eigenvalue weighted by molar-refractivity contribution is -0.132. The summed E-state index contributed by atoms with van der Waals surface area (Å²) in [6.45, 7) is 4.99. The van der Waals surface area contributed by atoms with Crippen molar-refractivity contribution in [1.29, 1.82) is 0 Å². The molecular weight excluding hydrogens is 246 g/mol. The summed E-state index contributed by atoms with van der Waals surface area (Å²) in [6, 6.07) is -0.284. The minimum Gasteiger partial charge on any atom is -0.380 e. The monoisotopic (exact) mass is 269 g/mol. The lowest BCUT2D eigenvalue weighted by Gasteiger charge is -2.31. The topological polar surface area (TPSA) is 70.7 Å². The number of hydrogen-bond acceptors (Lipinski definition) is 4. The van der Waals surface area contributed by atoms with E-state index in [1.807, 2.05) is 0 Å². The molecule has 2 aliphatic heterocycles. The molecule has 1 unspecified atom stereocenters. The van der Waals surface area contributed by atoms with Crippen LogP contribution in [0.1, 0.15) is 32.6 Å². The van der Waals surface area contributed by atoms with Gasteiger partial charge in [-0.2, -0.15) is 0 Å². The zero-order chi connectivity index (χ0) is 13.7. The number of ether oxygens (including phenoxy) is 1. The number of rotatable bonds is 6. The summed E-state index contributed by atoms with van der Waals surface area (Å²) in [5.41, 5.74) is -0.710. The summed E-state index contributed by atoms with van der Waals surface area (Å²) >= 11 is 0. The number of carbonyl (C=O) groups is 2. The highest BCUT2D eigenvalue weighted by Crippen LogP contribution is 2.24. The lowest BCUT2D eigenvalue weighted by Crippen LogP contribution is -2.57. The molecule has 6 nitrogen and oxygen atoms in total. The lowest BCUT2D eigenvalue weighted by atomic mass is 9.90. The highest BCUT2D eigenvalue weighted by Gasteiger charge is 2.51. The smallest absolute Gasteiger partial charge is 0.325 e. The zero-order valence-corrected chi connectivity index (χ0v) is 11.5. The van der Waals surface area contributed by atoms with E-state index in [0.717, 1.165) is 32.2 Å². The number of imide groups is 1. The Hall–Kier alpha value is -1.14. The Morgan fingerprint density at radius 2 is 2.21 bits per heavy atom. The molecule has 0 aromatic heterocycles. The molecule has 0 bridgehead atoms. The van der Waals surface area contributed by atoms with Gasteiger partial charge in [0.25, 0.3) is 5.91 Å². The van der Waals surface area contributed by atoms with E-state index in [0.29, 0.717) is 26.3 Å². The number of nitrogens with one attached hydrogen (secondary N) is 2. The quantitative estimate of drug-likeness (QED) is 0.543. The summed E-state index contributed by atoms with van der Waals surface area (Å²) in [6.07, 6.45) is 3.72. The van der Waals surface area contributed by atoms with Crippen molar-refractivity contribution in [3.63, 3.8) is 0 Å². The molecule has 0 aliphatic carbocycles. The first kappa shape index (κ1) is 14.3. The fraction of sp³-hybridized carbons (Fsp3) is 0.846. The Bertz CT molecular complexity index is 340. The molecule has 2 aliphatic rings. The number of hydrogen-bond donors (Lipinski definition) is 2. The van der Waals surface area contributed by atoms with Gasteiger partial charge in [0.05, 0.1) is 13.2 Å². The summed E-state index contributed by atoms with van der Waals surface area (Å²) in [5, 5.41) is 6.02. The molecule has 3 amide bonds. The highest BCUT2D eigenvalue weighted by molar-refractivity contribution is 6.07. The maximum atomic E-state index is 12.4. The van der Waals surface area contributed by atoms with Crippen LogP contribution in [-0.4, -0.2) is 55.2 Å². The minimum absolute atomic E-state index is 0.108. The summed E-state index contributed by atoms with van der Waals surface area (Å²) in [5.74, 6) is -0.108. The number of urea groups is 1. The van der Waals surface area contributed by atoms with Crippen LogP contribution in [0.25, 0.3) is 0 Å². The van der Waals surface area contributed by atoms with Crippen molar-refractivity contribution < 1.29 is 14.3 Å². The third-order valence-electron chi connectivity index (χ3n) is 3.73. The van der Waals surface area contributed by atoms with Gasteiger partial charge < -0.3 is 15.4 Å². The molecule has 2 N–H and O–H groups in total. The van der Waals surface area contributed by atoms with E-state index in [1.165, 1.54) is 4.90 Å². The fourth-order valence-corrected chi connectivity index (χ4v) is 2.58. The SMILES string of the molecule is CCCCOCCN1C(=O)NC2(CCCNC2)C1=O. The van der Waals surface area contributed by atoms with Gasteiger partial charge in [-0.05, 0) is 25.8 Å². The Morgan fingerprint density at radius 3 is 2.89 bits per heavy atom. The molecule has 2 fully saturated rings. The molecule has 1 atom stereocenters. The van der Waals surface area contributed by atoms with Crippen molar-refractivity contribution in [3.05, 3.63) is 0 Å². The third kappa shape index (κ3) is 3.06. The molecule has 2 rings (SSSR count). The maximum absolute atomic E-state index is 12.4. The Kier molecular flexibility index (Phi) is 4.76. The average Bonchev–Trinajstić information content (AvgIpc) is 2.63. The standard InChI is InChI=1S/C13H23N3O3/c1-2-3-8-19-9-7-16-11(17)13(15-12(16)18)5-4-6-14-10-13/h14H,2-10H2,1H3,(H,15,18). The van der Waals surface area contributed by atoms with E-state index in [1.54, 1.807) is 0 Å². The summed E-state index contributed by atoms with van der Waals surface area (Å²) < 4.78 is 5.42. The van der Waals surface area contributed by atoms with E-state index >= 15 is 0 Å². The first-order valence-electron chi connectivity index (χ1n) is 7.12. The zero-order valence-electron chi connectivity index (χ0n) is 11.5. The first-order chi connectivity index (χ1) is 9.19. The third-order valence-corrected chi connectivity index (χ3v) is 3.73. The van der Waals surface area contributed by atoms with Gasteiger partial charge >= 0.3 is 6.03 Å². The molecule has 1 spiro atoms. The Balaban J connectivity index is 1.84. The molecule has 108 valence electrons. The molecule has 19 heavy (non-hydrogen) atoms. The molecule has 2 saturated heterocycles. The summed E-state index contributed by atoms with van der Waals surface area (Å²) in [7, 11) is 0. The van der Waals surface area contributed by atoms with Crippen LogP contribution in [0, 0.1) is 0 Å². The van der Waals surface area contributed by atoms with Gasteiger partial charge in [0.2, 0.25) is 0 Å². The van der Waals surface area contributed by atoms with Gasteiger partial charge in [0.15, 0.2) is 0 Å². The van der Waals surface area contributed by atoms with Crippen LogP contribution in [0.4, 0.5) is 4.79 Å². The van der Waals surface area contributed by atoms with Crippen molar-refractivity contribution in [1.82, 2.24) is 15.5 Å². The molecule has 2 heterocycles. The first-order valence-corrected chi connectivity index (χ1v) is 7.12. The molecule has 0 aromatic carbocycles. The van der Waals surface area contributed by atoms with Crippen molar-refractivity contribution in [2.45, 2.75) is 38.1 Å². The van der Waals surface area contributed by atoms with Crippen molar-refractivity contribution >= 4 is 11.9 Å². The van der Waals surface area contributed by atoms with Crippen molar-refractivity contribution in [3.8, 4) is 0 Å². The van der Waals surface area contributed by atoms with Crippen LogP contribution < -0.4 is 10.6 Å². The van der Waals surface area contributed by atoms with Gasteiger partial charge in [-0.25, -0.2) is 4.79 Å². The number of carbonyl (C=O) groups excluding carboxylic acids is 2. The molecule has 0 saturated carbocycles. The van der Waals surface area contributed by atoms with Crippen molar-refractivity contribution in [2.24, 2.45) is 0 Å². The maximum Gasteiger partial charge on any atom is 0.325 e. The fourth-order valence-electron chi connectivity index (χ4n) is 2.58. The molecule has 0 radical (unpaired) electrons. The van der Waals surface area contributed by atoms with Crippen LogP contribution in [0.5, 0.6) is 0 Å². The number of nitrogens with zero attached hydrogens (tertiary/aromatic N) is 1. The molecular formula is C13H23N3O3. The normalized spacial score (nSPS) is 27.1. The van der Waals surface area contributed by atoms with Crippen LogP contribution in [0.2, 0.25) is 0 Å². The van der Waals surface area contributed by atoms with Crippen molar-refractivity contribution in [2.75, 3.05) is 32.8 Å². The number of piperidine rings is 1. The Labute approximate surface area is 113 Å². The van der Waals surface area contributed by atoms with E-state index in [2.05, 4.69) is 17.6 Å². The van der Waals surface area contributed by atoms with E-state index < -0.39 is 5.54 Å². The largest absolute Gasteiger partial charge is 0.380 e. The van der Waals surface area contributed by atoms with Gasteiger partial charge in [-0.3, -0.25) is 9.69 Å². The van der Waals surface area contributed by atoms with Gasteiger partial charge in [-0.15, -0.1) is 0 Å². The van der Waals surface area contributed by atoms with Gasteiger partial charge in [0.1, 0.15) is 5.54 Å². The summed E-state index contributed by atoms with van der Waals surface area (Å²) in [4.78, 5) is 25.5. The second kappa shape index (κ2) is 6.34. The molecule has 6 heteroatoms. The highest BCUT2D eigenvalue weighted by atomic mass is 16.5. The number of unbranched alkanes of at least 4 members (excludes halogenated alkanes) is 1. The van der Waals surface area contributed by atoms with Crippen LogP contribution in [-0.2, 0) is 9.53 Å². The molecule has 0 aromatic rings. The predicted octanol–water partition coefficient (Wildman–Crippen LogP) is 0.477. The van der Waals surface area contributed by atoms with Crippen LogP contribution >= 0.6 is 0 Å². The predicted molar refractivity (Wildman–Crippen MR) is 70.8 cm³/mol. The second-order valence-corrected chi connectivity index (χ2v) is 5.22. The Morgan fingerprint density at radius 1 is 1.37 bits per heavy atom. The van der Waals surface area contributed by atoms with Gasteiger partial charge in [0, 0.05) is 13.2 Å². The van der Waals surface area contributed by atoms with Gasteiger partial charge in [-0.1, -0.05) is 13.3 Å². The number of amides is 3. The van der Waals surface area contributed by atoms with E-state index in [-0.39, 0.29) is 11.9 Å².